The Kier molecular flexibility index (Phi) is 3.01. The maximum Gasteiger partial charge on any atom is 0.172 e. The molecule has 5 heteroatoms. The Morgan fingerprint density at radius 1 is 1.38 bits per heavy atom. The molecule has 0 saturated heterocycles. The van der Waals surface area contributed by atoms with E-state index >= 15 is 0 Å². The molecule has 16 heavy (non-hydrogen) atoms. The maximum absolute atomic E-state index is 10.7. The van der Waals surface area contributed by atoms with Gasteiger partial charge in [0.2, 0.25) is 0 Å². The molecule has 1 aromatic carbocycles. The van der Waals surface area contributed by atoms with Crippen LogP contribution >= 0.6 is 11.6 Å². The summed E-state index contributed by atoms with van der Waals surface area (Å²) < 4.78 is 1.61. The first-order valence-corrected chi connectivity index (χ1v) is 5.16. The van der Waals surface area contributed by atoms with Crippen molar-refractivity contribution in [1.82, 2.24) is 15.0 Å². The van der Waals surface area contributed by atoms with Gasteiger partial charge in [-0.15, -0.1) is 5.10 Å². The van der Waals surface area contributed by atoms with Gasteiger partial charge < -0.3 is 0 Å². The summed E-state index contributed by atoms with van der Waals surface area (Å²) in [4.78, 5) is 10.7. The van der Waals surface area contributed by atoms with E-state index in [9.17, 15) is 4.79 Å². The number of hydrogen-bond donors (Lipinski definition) is 0. The molecule has 0 aliphatic carbocycles. The van der Waals surface area contributed by atoms with E-state index in [1.807, 2.05) is 24.3 Å². The predicted molar refractivity (Wildman–Crippen MR) is 60.6 cm³/mol. The SMILES string of the molecule is Cn1nnc(C=O)c1Cc1ccc(Cl)cc1. The fourth-order valence-electron chi connectivity index (χ4n) is 1.48. The topological polar surface area (TPSA) is 47.8 Å². The molecule has 4 nitrogen and oxygen atoms in total. The number of aldehydes is 1. The number of hydrogen-bond acceptors (Lipinski definition) is 3. The van der Waals surface area contributed by atoms with Crippen LogP contribution in [-0.4, -0.2) is 21.3 Å². The second-order valence-electron chi connectivity index (χ2n) is 3.47. The fraction of sp³-hybridized carbons (Fsp3) is 0.182. The molecule has 0 amide bonds. The Hall–Kier alpha value is -1.68. The average Bonchev–Trinajstić information content (AvgIpc) is 2.63. The molecule has 1 aromatic heterocycles. The summed E-state index contributed by atoms with van der Waals surface area (Å²) in [7, 11) is 1.77. The molecule has 0 N–H and O–H groups in total. The van der Waals surface area contributed by atoms with Gasteiger partial charge in [0.1, 0.15) is 5.69 Å². The first-order chi connectivity index (χ1) is 7.70. The van der Waals surface area contributed by atoms with E-state index in [1.54, 1.807) is 11.7 Å². The highest BCUT2D eigenvalue weighted by Crippen LogP contribution is 2.14. The van der Waals surface area contributed by atoms with Crippen LogP contribution in [0.3, 0.4) is 0 Å². The summed E-state index contributed by atoms with van der Waals surface area (Å²) in [6.45, 7) is 0. The summed E-state index contributed by atoms with van der Waals surface area (Å²) in [5, 5.41) is 8.27. The van der Waals surface area contributed by atoms with Gasteiger partial charge in [-0.3, -0.25) is 9.48 Å². The van der Waals surface area contributed by atoms with Crippen LogP contribution < -0.4 is 0 Å². The van der Waals surface area contributed by atoms with Gasteiger partial charge in [-0.25, -0.2) is 0 Å². The van der Waals surface area contributed by atoms with Crippen molar-refractivity contribution in [3.05, 3.63) is 46.2 Å². The Morgan fingerprint density at radius 2 is 2.06 bits per heavy atom. The number of benzene rings is 1. The minimum absolute atomic E-state index is 0.387. The van der Waals surface area contributed by atoms with E-state index in [0.29, 0.717) is 17.1 Å². The predicted octanol–water partition coefficient (Wildman–Crippen LogP) is 1.87. The van der Waals surface area contributed by atoms with Crippen LogP contribution in [0.4, 0.5) is 0 Å². The molecule has 0 saturated carbocycles. The van der Waals surface area contributed by atoms with E-state index in [1.165, 1.54) is 0 Å². The van der Waals surface area contributed by atoms with Crippen LogP contribution in [0.25, 0.3) is 0 Å². The Labute approximate surface area is 97.8 Å². The highest BCUT2D eigenvalue weighted by molar-refractivity contribution is 6.30. The van der Waals surface area contributed by atoms with E-state index < -0.39 is 0 Å². The third kappa shape index (κ3) is 2.12. The average molecular weight is 236 g/mol. The highest BCUT2D eigenvalue weighted by Gasteiger charge is 2.09. The van der Waals surface area contributed by atoms with Crippen LogP contribution in [0, 0.1) is 0 Å². The van der Waals surface area contributed by atoms with Gasteiger partial charge >= 0.3 is 0 Å². The molecule has 1 heterocycles. The van der Waals surface area contributed by atoms with Crippen molar-refractivity contribution in [3.63, 3.8) is 0 Å². The lowest BCUT2D eigenvalue weighted by molar-refractivity contribution is 0.111. The fourth-order valence-corrected chi connectivity index (χ4v) is 1.61. The third-order valence-corrected chi connectivity index (χ3v) is 2.62. The molecular formula is C11H10ClN3O. The third-order valence-electron chi connectivity index (χ3n) is 2.37. The van der Waals surface area contributed by atoms with Crippen molar-refractivity contribution in [1.29, 1.82) is 0 Å². The molecule has 0 aliphatic heterocycles. The van der Waals surface area contributed by atoms with Gasteiger partial charge in [0.15, 0.2) is 6.29 Å². The minimum atomic E-state index is 0.387. The quantitative estimate of drug-likeness (QED) is 0.763. The molecule has 0 bridgehead atoms. The molecule has 0 radical (unpaired) electrons. The first kappa shape index (κ1) is 10.8. The lowest BCUT2D eigenvalue weighted by Crippen LogP contribution is -2.01. The van der Waals surface area contributed by atoms with Crippen LogP contribution in [0.1, 0.15) is 21.7 Å². The number of nitrogens with zero attached hydrogens (tertiary/aromatic N) is 3. The monoisotopic (exact) mass is 235 g/mol. The number of aryl methyl sites for hydroxylation is 1. The summed E-state index contributed by atoms with van der Waals surface area (Å²) >= 11 is 5.80. The molecule has 2 aromatic rings. The molecule has 0 aliphatic rings. The molecule has 0 spiro atoms. The number of rotatable bonds is 3. The summed E-state index contributed by atoms with van der Waals surface area (Å²) in [5.74, 6) is 0. The van der Waals surface area contributed by atoms with Crippen molar-refractivity contribution in [2.45, 2.75) is 6.42 Å². The summed E-state index contributed by atoms with van der Waals surface area (Å²) in [6, 6.07) is 7.48. The smallest absolute Gasteiger partial charge is 0.172 e. The van der Waals surface area contributed by atoms with Crippen molar-refractivity contribution in [2.24, 2.45) is 7.05 Å². The molecule has 0 atom stereocenters. The normalized spacial score (nSPS) is 10.4. The van der Waals surface area contributed by atoms with Gasteiger partial charge in [-0.1, -0.05) is 28.9 Å². The Bertz CT molecular complexity index is 504. The standard InChI is InChI=1S/C11H10ClN3O/c1-15-11(10(7-16)13-14-15)6-8-2-4-9(12)5-3-8/h2-5,7H,6H2,1H3. The lowest BCUT2D eigenvalue weighted by atomic mass is 10.1. The summed E-state index contributed by atoms with van der Waals surface area (Å²) in [5.41, 5.74) is 2.26. The van der Waals surface area contributed by atoms with E-state index in [0.717, 1.165) is 17.5 Å². The zero-order valence-electron chi connectivity index (χ0n) is 8.72. The molecule has 82 valence electrons. The molecule has 0 unspecified atom stereocenters. The van der Waals surface area contributed by atoms with Crippen LogP contribution in [0.5, 0.6) is 0 Å². The van der Waals surface area contributed by atoms with Crippen molar-refractivity contribution < 1.29 is 4.79 Å². The van der Waals surface area contributed by atoms with Crippen LogP contribution in [0.2, 0.25) is 5.02 Å². The second kappa shape index (κ2) is 4.45. The minimum Gasteiger partial charge on any atom is -0.296 e. The van der Waals surface area contributed by atoms with Crippen molar-refractivity contribution in [3.8, 4) is 0 Å². The van der Waals surface area contributed by atoms with Gasteiger partial charge in [0.05, 0.1) is 5.69 Å². The Balaban J connectivity index is 2.29. The number of carbonyl (C=O) groups is 1. The highest BCUT2D eigenvalue weighted by atomic mass is 35.5. The number of aromatic nitrogens is 3. The number of carbonyl (C=O) groups excluding carboxylic acids is 1. The molecule has 0 fully saturated rings. The largest absolute Gasteiger partial charge is 0.296 e. The van der Waals surface area contributed by atoms with E-state index in [2.05, 4.69) is 10.3 Å². The molecule has 2 rings (SSSR count). The van der Waals surface area contributed by atoms with Crippen LogP contribution in [-0.2, 0) is 13.5 Å². The zero-order valence-corrected chi connectivity index (χ0v) is 9.48. The lowest BCUT2D eigenvalue weighted by Gasteiger charge is -2.02. The Morgan fingerprint density at radius 3 is 2.69 bits per heavy atom. The van der Waals surface area contributed by atoms with Gasteiger partial charge in [0, 0.05) is 18.5 Å². The van der Waals surface area contributed by atoms with Gasteiger partial charge in [0.25, 0.3) is 0 Å². The zero-order chi connectivity index (χ0) is 11.5. The maximum atomic E-state index is 10.7. The van der Waals surface area contributed by atoms with Crippen molar-refractivity contribution >= 4 is 17.9 Å². The van der Waals surface area contributed by atoms with Gasteiger partial charge in [-0.05, 0) is 17.7 Å². The van der Waals surface area contributed by atoms with Gasteiger partial charge in [-0.2, -0.15) is 0 Å². The van der Waals surface area contributed by atoms with E-state index in [-0.39, 0.29) is 0 Å². The van der Waals surface area contributed by atoms with Crippen LogP contribution in [0.15, 0.2) is 24.3 Å². The summed E-state index contributed by atoms with van der Waals surface area (Å²) in [6.07, 6.45) is 1.34. The van der Waals surface area contributed by atoms with E-state index in [4.69, 9.17) is 11.6 Å². The molecular weight excluding hydrogens is 226 g/mol. The first-order valence-electron chi connectivity index (χ1n) is 4.79. The number of halogens is 1. The van der Waals surface area contributed by atoms with Crippen molar-refractivity contribution in [2.75, 3.05) is 0 Å². The second-order valence-corrected chi connectivity index (χ2v) is 3.90.